The van der Waals surface area contributed by atoms with E-state index >= 15 is 0 Å². The summed E-state index contributed by atoms with van der Waals surface area (Å²) in [6.07, 6.45) is 3.41. The summed E-state index contributed by atoms with van der Waals surface area (Å²) in [5, 5.41) is 13.0. The molecule has 1 unspecified atom stereocenters. The van der Waals surface area contributed by atoms with E-state index < -0.39 is 6.04 Å². The van der Waals surface area contributed by atoms with Gasteiger partial charge in [0.05, 0.1) is 18.4 Å². The molecule has 32 heavy (non-hydrogen) atoms. The standard InChI is InChI=1S/C23H20N6O2S/c1-14-19(22(30)26-16-6-3-4-7-17(16)31-2)20(18-8-5-13-32-18)29-23(25-14)27-21(28-29)15-9-11-24-12-10-15/h3-13,20H,1-2H3,(H,26,30)(H,25,27,28). The number of hydrogen-bond acceptors (Lipinski definition) is 7. The molecule has 1 aliphatic heterocycles. The normalized spacial score (nSPS) is 15.1. The van der Waals surface area contributed by atoms with Crippen LogP contribution in [-0.4, -0.2) is 32.8 Å². The fraction of sp³-hybridized carbons (Fsp3) is 0.130. The highest BCUT2D eigenvalue weighted by Crippen LogP contribution is 2.38. The third kappa shape index (κ3) is 3.52. The van der Waals surface area contributed by atoms with Gasteiger partial charge in [-0.15, -0.1) is 16.4 Å². The molecule has 0 aliphatic carbocycles. The van der Waals surface area contributed by atoms with Gasteiger partial charge in [-0.25, -0.2) is 4.68 Å². The molecular weight excluding hydrogens is 424 g/mol. The number of hydrogen-bond donors (Lipinski definition) is 2. The van der Waals surface area contributed by atoms with E-state index in [1.54, 1.807) is 35.5 Å². The van der Waals surface area contributed by atoms with Gasteiger partial charge in [-0.1, -0.05) is 18.2 Å². The number of benzene rings is 1. The van der Waals surface area contributed by atoms with Crippen molar-refractivity contribution < 1.29 is 9.53 Å². The Kier molecular flexibility index (Phi) is 5.16. The molecule has 1 atom stereocenters. The topological polar surface area (TPSA) is 94.0 Å². The Morgan fingerprint density at radius 2 is 1.97 bits per heavy atom. The highest BCUT2D eigenvalue weighted by atomic mass is 32.1. The first-order chi connectivity index (χ1) is 15.7. The van der Waals surface area contributed by atoms with Gasteiger partial charge < -0.3 is 15.4 Å². The van der Waals surface area contributed by atoms with Crippen LogP contribution in [0.25, 0.3) is 11.4 Å². The number of thiophene rings is 1. The Morgan fingerprint density at radius 3 is 2.72 bits per heavy atom. The summed E-state index contributed by atoms with van der Waals surface area (Å²) in [6, 6.07) is 14.6. The number of rotatable bonds is 5. The molecule has 0 spiro atoms. The second-order valence-corrected chi connectivity index (χ2v) is 8.15. The Balaban J connectivity index is 1.57. The zero-order valence-corrected chi connectivity index (χ0v) is 18.3. The molecule has 4 heterocycles. The predicted octanol–water partition coefficient (Wildman–Crippen LogP) is 4.34. The molecule has 1 amide bonds. The van der Waals surface area contributed by atoms with Gasteiger partial charge in [-0.2, -0.15) is 4.98 Å². The van der Waals surface area contributed by atoms with Gasteiger partial charge in [-0.3, -0.25) is 9.78 Å². The van der Waals surface area contributed by atoms with Gasteiger partial charge >= 0.3 is 0 Å². The number of carbonyl (C=O) groups excluding carboxylic acids is 1. The van der Waals surface area contributed by atoms with E-state index in [4.69, 9.17) is 9.84 Å². The number of carbonyl (C=O) groups is 1. The van der Waals surface area contributed by atoms with Crippen LogP contribution in [0.1, 0.15) is 17.8 Å². The number of allylic oxidation sites excluding steroid dienone is 1. The smallest absolute Gasteiger partial charge is 0.256 e. The number of fused-ring (bicyclic) bond motifs is 1. The summed E-state index contributed by atoms with van der Waals surface area (Å²) < 4.78 is 7.16. The first kappa shape index (κ1) is 20.0. The van der Waals surface area contributed by atoms with Crippen molar-refractivity contribution in [1.82, 2.24) is 19.7 Å². The van der Waals surface area contributed by atoms with Crippen molar-refractivity contribution in [3.8, 4) is 17.1 Å². The Hall–Kier alpha value is -3.98. The lowest BCUT2D eigenvalue weighted by molar-refractivity contribution is -0.113. The average molecular weight is 445 g/mol. The number of nitrogens with one attached hydrogen (secondary N) is 2. The SMILES string of the molecule is COc1ccccc1NC(=O)C1=C(C)Nc2nc(-c3ccncc3)nn2C1c1cccs1. The van der Waals surface area contributed by atoms with Crippen LogP contribution < -0.4 is 15.4 Å². The van der Waals surface area contributed by atoms with Crippen LogP contribution in [0.5, 0.6) is 5.75 Å². The fourth-order valence-electron chi connectivity index (χ4n) is 3.72. The van der Waals surface area contributed by atoms with Crippen molar-refractivity contribution in [3.63, 3.8) is 0 Å². The largest absolute Gasteiger partial charge is 0.495 e. The van der Waals surface area contributed by atoms with Gasteiger partial charge in [0.1, 0.15) is 11.8 Å². The minimum Gasteiger partial charge on any atom is -0.495 e. The number of nitrogens with zero attached hydrogens (tertiary/aromatic N) is 4. The number of pyridine rings is 1. The molecule has 1 aromatic carbocycles. The van der Waals surface area contributed by atoms with Crippen LogP contribution in [0.15, 0.2) is 77.6 Å². The number of aromatic nitrogens is 4. The molecule has 9 heteroatoms. The zero-order chi connectivity index (χ0) is 22.1. The van der Waals surface area contributed by atoms with E-state index in [2.05, 4.69) is 20.6 Å². The Morgan fingerprint density at radius 1 is 1.16 bits per heavy atom. The molecule has 8 nitrogen and oxygen atoms in total. The second kappa shape index (κ2) is 8.27. The zero-order valence-electron chi connectivity index (χ0n) is 17.4. The molecule has 0 bridgehead atoms. The maximum absolute atomic E-state index is 13.5. The van der Waals surface area contributed by atoms with Crippen molar-refractivity contribution in [2.75, 3.05) is 17.7 Å². The fourth-order valence-corrected chi connectivity index (χ4v) is 4.53. The third-order valence-electron chi connectivity index (χ3n) is 5.20. The van der Waals surface area contributed by atoms with Crippen molar-refractivity contribution in [3.05, 3.63) is 82.5 Å². The number of ether oxygens (including phenoxy) is 1. The van der Waals surface area contributed by atoms with E-state index in [1.807, 2.05) is 60.8 Å². The van der Waals surface area contributed by atoms with E-state index in [9.17, 15) is 4.79 Å². The molecule has 0 saturated carbocycles. The van der Waals surface area contributed by atoms with Crippen LogP contribution in [0.2, 0.25) is 0 Å². The van der Waals surface area contributed by atoms with Crippen molar-refractivity contribution in [2.24, 2.45) is 0 Å². The summed E-state index contributed by atoms with van der Waals surface area (Å²) in [5.74, 6) is 1.51. The van der Waals surface area contributed by atoms with Crippen LogP contribution >= 0.6 is 11.3 Å². The minimum absolute atomic E-state index is 0.232. The van der Waals surface area contributed by atoms with Crippen molar-refractivity contribution in [1.29, 1.82) is 0 Å². The minimum atomic E-state index is -0.413. The van der Waals surface area contributed by atoms with Gasteiger partial charge in [0, 0.05) is 28.5 Å². The van der Waals surface area contributed by atoms with Crippen LogP contribution in [-0.2, 0) is 4.79 Å². The lowest BCUT2D eigenvalue weighted by Crippen LogP contribution is -2.31. The summed E-state index contributed by atoms with van der Waals surface area (Å²) in [7, 11) is 1.58. The summed E-state index contributed by atoms with van der Waals surface area (Å²) in [5.41, 5.74) is 2.74. The maximum atomic E-state index is 13.5. The third-order valence-corrected chi connectivity index (χ3v) is 6.13. The predicted molar refractivity (Wildman–Crippen MR) is 124 cm³/mol. The molecule has 0 radical (unpaired) electrons. The number of para-hydroxylation sites is 2. The molecule has 4 aromatic rings. The molecule has 2 N–H and O–H groups in total. The molecule has 160 valence electrons. The molecular formula is C23H20N6O2S. The lowest BCUT2D eigenvalue weighted by atomic mass is 10.0. The first-order valence-corrected chi connectivity index (χ1v) is 10.9. The number of anilines is 2. The van der Waals surface area contributed by atoms with Gasteiger partial charge in [0.25, 0.3) is 5.91 Å². The van der Waals surface area contributed by atoms with E-state index in [1.165, 1.54) is 0 Å². The van der Waals surface area contributed by atoms with Gasteiger partial charge in [0.2, 0.25) is 5.95 Å². The lowest BCUT2D eigenvalue weighted by Gasteiger charge is -2.27. The number of amides is 1. The highest BCUT2D eigenvalue weighted by molar-refractivity contribution is 7.10. The van der Waals surface area contributed by atoms with Gasteiger partial charge in [-0.05, 0) is 42.6 Å². The molecule has 0 saturated heterocycles. The Labute approximate surface area is 188 Å². The molecule has 0 fully saturated rings. The Bertz CT molecular complexity index is 1300. The maximum Gasteiger partial charge on any atom is 0.256 e. The molecule has 1 aliphatic rings. The summed E-state index contributed by atoms with van der Waals surface area (Å²) in [6.45, 7) is 1.88. The average Bonchev–Trinajstić information content (AvgIpc) is 3.49. The summed E-state index contributed by atoms with van der Waals surface area (Å²) >= 11 is 1.57. The first-order valence-electron chi connectivity index (χ1n) is 9.98. The van der Waals surface area contributed by atoms with Crippen molar-refractivity contribution in [2.45, 2.75) is 13.0 Å². The highest BCUT2D eigenvalue weighted by Gasteiger charge is 2.35. The van der Waals surface area contributed by atoms with Crippen LogP contribution in [0.4, 0.5) is 11.6 Å². The molecule has 3 aromatic heterocycles. The van der Waals surface area contributed by atoms with E-state index in [0.29, 0.717) is 28.8 Å². The number of methoxy groups -OCH3 is 1. The van der Waals surface area contributed by atoms with E-state index in [0.717, 1.165) is 16.1 Å². The van der Waals surface area contributed by atoms with Crippen molar-refractivity contribution >= 4 is 28.9 Å². The van der Waals surface area contributed by atoms with E-state index in [-0.39, 0.29) is 5.91 Å². The summed E-state index contributed by atoms with van der Waals surface area (Å²) in [4.78, 5) is 23.2. The van der Waals surface area contributed by atoms with Crippen LogP contribution in [0, 0.1) is 0 Å². The van der Waals surface area contributed by atoms with Gasteiger partial charge in [0.15, 0.2) is 5.82 Å². The molecule has 5 rings (SSSR count). The van der Waals surface area contributed by atoms with Crippen LogP contribution in [0.3, 0.4) is 0 Å². The second-order valence-electron chi connectivity index (χ2n) is 7.18. The quantitative estimate of drug-likeness (QED) is 0.476. The monoisotopic (exact) mass is 444 g/mol.